The SMILES string of the molecule is CC1=C(N=Cc2ccc(C=Nc3c4ccccc4cc4ccccc34)[n-]2)C(C)CC=C1.[Cl][Fe+][Cl]. The van der Waals surface area contributed by atoms with Crippen molar-refractivity contribution in [2.45, 2.75) is 20.3 Å². The van der Waals surface area contributed by atoms with Crippen molar-refractivity contribution in [1.29, 1.82) is 0 Å². The molecule has 5 rings (SSSR count). The fraction of sp³-hybridized carbons (Fsp3) is 0.143. The van der Waals surface area contributed by atoms with Crippen molar-refractivity contribution in [2.24, 2.45) is 15.9 Å². The van der Waals surface area contributed by atoms with Crippen molar-refractivity contribution in [3.05, 3.63) is 102 Å². The molecular weight excluding hydrogens is 505 g/mol. The summed E-state index contributed by atoms with van der Waals surface area (Å²) in [4.78, 5) is 14.3. The summed E-state index contributed by atoms with van der Waals surface area (Å²) in [5.41, 5.74) is 5.04. The molecule has 0 N–H and O–H groups in total. The molecule has 173 valence electrons. The van der Waals surface area contributed by atoms with E-state index in [4.69, 9.17) is 30.2 Å². The number of hydrogen-bond acceptors (Lipinski definition) is 2. The minimum absolute atomic E-state index is 0.194. The number of aromatic nitrogens is 1. The molecule has 6 heteroatoms. The zero-order valence-corrected chi connectivity index (χ0v) is 21.5. The number of hydrogen-bond donors (Lipinski definition) is 0. The van der Waals surface area contributed by atoms with Gasteiger partial charge in [0, 0.05) is 34.8 Å². The van der Waals surface area contributed by atoms with Gasteiger partial charge in [-0.2, -0.15) is 0 Å². The molecule has 1 aliphatic rings. The molecular formula is C28H24Cl2FeN3. The van der Waals surface area contributed by atoms with E-state index >= 15 is 0 Å². The van der Waals surface area contributed by atoms with Crippen LogP contribution in [0.5, 0.6) is 0 Å². The Bertz CT molecular complexity index is 1360. The van der Waals surface area contributed by atoms with Crippen LogP contribution in [0.1, 0.15) is 31.7 Å². The van der Waals surface area contributed by atoms with E-state index < -0.39 is 0 Å². The minimum atomic E-state index is 0.194. The summed E-state index contributed by atoms with van der Waals surface area (Å²) in [5.74, 6) is 0.442. The second-order valence-electron chi connectivity index (χ2n) is 8.14. The maximum atomic E-state index is 4.87. The molecule has 1 heterocycles. The summed E-state index contributed by atoms with van der Waals surface area (Å²) in [6, 6.07) is 23.0. The summed E-state index contributed by atoms with van der Waals surface area (Å²) >= 11 is 0.194. The number of rotatable bonds is 4. The van der Waals surface area contributed by atoms with E-state index in [0.717, 1.165) is 40.0 Å². The van der Waals surface area contributed by atoms with Crippen LogP contribution in [0.2, 0.25) is 0 Å². The van der Waals surface area contributed by atoms with Gasteiger partial charge in [0.25, 0.3) is 0 Å². The quantitative estimate of drug-likeness (QED) is 0.149. The van der Waals surface area contributed by atoms with Gasteiger partial charge in [-0.05, 0) is 35.8 Å². The van der Waals surface area contributed by atoms with Crippen LogP contribution in [0.15, 0.2) is 100 Å². The monoisotopic (exact) mass is 528 g/mol. The van der Waals surface area contributed by atoms with Crippen molar-refractivity contribution < 1.29 is 13.1 Å². The molecule has 0 fully saturated rings. The fourth-order valence-electron chi connectivity index (χ4n) is 4.20. The third-order valence-corrected chi connectivity index (χ3v) is 5.82. The topological polar surface area (TPSA) is 38.8 Å². The molecule has 0 radical (unpaired) electrons. The van der Waals surface area contributed by atoms with Gasteiger partial charge in [0.05, 0.1) is 5.69 Å². The zero-order chi connectivity index (χ0) is 23.9. The first-order chi connectivity index (χ1) is 16.6. The second kappa shape index (κ2) is 11.7. The Morgan fingerprint density at radius 3 is 2.03 bits per heavy atom. The normalized spacial score (nSPS) is 16.1. The number of nitrogens with zero attached hydrogens (tertiary/aromatic N) is 3. The molecule has 0 bridgehead atoms. The number of benzene rings is 3. The van der Waals surface area contributed by atoms with Gasteiger partial charge in [0.2, 0.25) is 0 Å². The van der Waals surface area contributed by atoms with Crippen molar-refractivity contribution in [1.82, 2.24) is 4.98 Å². The molecule has 0 saturated carbocycles. The molecule has 0 saturated heterocycles. The average molecular weight is 529 g/mol. The molecule has 34 heavy (non-hydrogen) atoms. The molecule has 0 amide bonds. The van der Waals surface area contributed by atoms with E-state index in [1.54, 1.807) is 0 Å². The molecule has 1 unspecified atom stereocenters. The van der Waals surface area contributed by atoms with Gasteiger partial charge in [-0.25, -0.2) is 0 Å². The van der Waals surface area contributed by atoms with Crippen molar-refractivity contribution in [3.8, 4) is 0 Å². The van der Waals surface area contributed by atoms with Crippen LogP contribution >= 0.6 is 20.2 Å². The average Bonchev–Trinajstić information content (AvgIpc) is 3.30. The first-order valence-electron chi connectivity index (χ1n) is 11.0. The Morgan fingerprint density at radius 2 is 1.44 bits per heavy atom. The predicted octanol–water partition coefficient (Wildman–Crippen LogP) is 8.37. The van der Waals surface area contributed by atoms with Crippen molar-refractivity contribution >= 4 is 59.9 Å². The Balaban J connectivity index is 0.000000868. The van der Waals surface area contributed by atoms with E-state index in [1.165, 1.54) is 16.3 Å². The number of aliphatic imine (C=N–C) groups is 2. The van der Waals surface area contributed by atoms with Crippen LogP contribution in [0.3, 0.4) is 0 Å². The standard InChI is InChI=1S/C28H24N3.2ClH.Fe/c1-19-8-7-9-20(2)27(19)29-17-23-14-15-24(31-23)18-30-28-25-12-5-3-10-21(25)16-22-11-4-6-13-26(22)28;;;/h3-8,10-18,20H,9H2,1-2H3;2*1H;/q-1;;;+3/p-2. The summed E-state index contributed by atoms with van der Waals surface area (Å²) in [6.45, 7) is 4.33. The van der Waals surface area contributed by atoms with Crippen LogP contribution in [0.4, 0.5) is 5.69 Å². The van der Waals surface area contributed by atoms with Crippen LogP contribution in [0.25, 0.3) is 21.5 Å². The first kappa shape index (κ1) is 24.5. The van der Waals surface area contributed by atoms with Crippen LogP contribution in [0, 0.1) is 5.92 Å². The van der Waals surface area contributed by atoms with Crippen LogP contribution in [-0.4, -0.2) is 12.4 Å². The van der Waals surface area contributed by atoms with E-state index in [2.05, 4.69) is 85.6 Å². The molecule has 0 aliphatic heterocycles. The Kier molecular flexibility index (Phi) is 8.42. The first-order valence-corrected chi connectivity index (χ1v) is 14.0. The molecule has 1 aromatic heterocycles. The molecule has 3 aromatic carbocycles. The molecule has 3 nitrogen and oxygen atoms in total. The Hall–Kier alpha value is -2.62. The molecule has 0 spiro atoms. The number of fused-ring (bicyclic) bond motifs is 2. The third-order valence-electron chi connectivity index (χ3n) is 5.82. The summed E-state index contributed by atoms with van der Waals surface area (Å²) in [5, 5.41) is 4.67. The van der Waals surface area contributed by atoms with Gasteiger partial charge >= 0.3 is 33.3 Å². The number of halogens is 2. The maximum absolute atomic E-state index is 4.87. The predicted molar refractivity (Wildman–Crippen MR) is 143 cm³/mol. The van der Waals surface area contributed by atoms with E-state index in [-0.39, 0.29) is 13.1 Å². The molecule has 1 aliphatic carbocycles. The van der Waals surface area contributed by atoms with Crippen molar-refractivity contribution in [2.75, 3.05) is 0 Å². The van der Waals surface area contributed by atoms with Crippen LogP contribution in [-0.2, 0) is 13.1 Å². The number of allylic oxidation sites excluding steroid dienone is 4. The summed E-state index contributed by atoms with van der Waals surface area (Å²) < 4.78 is 0. The van der Waals surface area contributed by atoms with Crippen molar-refractivity contribution in [3.63, 3.8) is 0 Å². The summed E-state index contributed by atoms with van der Waals surface area (Å²) in [7, 11) is 9.53. The molecule has 4 aromatic rings. The second-order valence-corrected chi connectivity index (χ2v) is 9.96. The summed E-state index contributed by atoms with van der Waals surface area (Å²) in [6.07, 6.45) is 9.11. The van der Waals surface area contributed by atoms with Gasteiger partial charge in [-0.3, -0.25) is 9.98 Å². The van der Waals surface area contributed by atoms with Crippen LogP contribution < -0.4 is 4.98 Å². The van der Waals surface area contributed by atoms with E-state index in [1.807, 2.05) is 24.6 Å². The Morgan fingerprint density at radius 1 is 0.882 bits per heavy atom. The van der Waals surface area contributed by atoms with Gasteiger partial charge in [0.1, 0.15) is 0 Å². The van der Waals surface area contributed by atoms with E-state index in [0.29, 0.717) is 5.92 Å². The van der Waals surface area contributed by atoms with Gasteiger partial charge in [-0.15, -0.1) is 11.4 Å². The van der Waals surface area contributed by atoms with Gasteiger partial charge in [0.15, 0.2) is 0 Å². The van der Waals surface area contributed by atoms with E-state index in [9.17, 15) is 0 Å². The molecule has 1 atom stereocenters. The van der Waals surface area contributed by atoms with Gasteiger partial charge in [-0.1, -0.05) is 79.7 Å². The Labute approximate surface area is 214 Å². The fourth-order valence-corrected chi connectivity index (χ4v) is 4.20. The zero-order valence-electron chi connectivity index (χ0n) is 18.9. The van der Waals surface area contributed by atoms with Gasteiger partial charge < -0.3 is 4.98 Å². The third kappa shape index (κ3) is 5.71.